The van der Waals surface area contributed by atoms with Gasteiger partial charge in [-0.3, -0.25) is 9.59 Å². The number of benzene rings is 2. The minimum Gasteiger partial charge on any atom is -0.323 e. The van der Waals surface area contributed by atoms with Gasteiger partial charge in [-0.25, -0.2) is 4.39 Å². The van der Waals surface area contributed by atoms with Crippen LogP contribution in [0.15, 0.2) is 46.9 Å². The van der Waals surface area contributed by atoms with Gasteiger partial charge in [0, 0.05) is 23.1 Å². The smallest absolute Gasteiger partial charge is 0.229 e. The van der Waals surface area contributed by atoms with Gasteiger partial charge in [-0.15, -0.1) is 0 Å². The molecule has 1 fully saturated rings. The van der Waals surface area contributed by atoms with E-state index in [4.69, 9.17) is 0 Å². The number of aryl methyl sites for hydroxylation is 1. The Kier molecular flexibility index (Phi) is 4.66. The molecule has 3 rings (SSSR count). The van der Waals surface area contributed by atoms with Gasteiger partial charge in [-0.05, 0) is 42.8 Å². The quantitative estimate of drug-likeness (QED) is 0.863. The number of anilines is 2. The molecule has 0 bridgehead atoms. The third-order valence-corrected chi connectivity index (χ3v) is 4.49. The normalized spacial score (nSPS) is 17.2. The third-order valence-electron chi connectivity index (χ3n) is 4.00. The summed E-state index contributed by atoms with van der Waals surface area (Å²) >= 11 is 3.37. The van der Waals surface area contributed by atoms with Crippen LogP contribution in [0, 0.1) is 18.7 Å². The molecule has 2 aromatic rings. The molecule has 1 heterocycles. The molecule has 2 aromatic carbocycles. The Morgan fingerprint density at radius 2 is 2.08 bits per heavy atom. The van der Waals surface area contributed by atoms with Crippen molar-refractivity contribution in [2.45, 2.75) is 13.3 Å². The standard InChI is InChI=1S/C18H16BrFN2O2/c1-11-5-6-16(15(20)7-11)21-18(24)12-8-17(23)22(10-12)14-4-2-3-13(19)9-14/h2-7,9,12H,8,10H2,1H3,(H,21,24). The number of nitrogens with zero attached hydrogens (tertiary/aromatic N) is 1. The number of hydrogen-bond donors (Lipinski definition) is 1. The first-order chi connectivity index (χ1) is 11.4. The molecule has 0 saturated carbocycles. The number of carbonyl (C=O) groups excluding carboxylic acids is 2. The molecular formula is C18H16BrFN2O2. The maximum atomic E-state index is 13.9. The van der Waals surface area contributed by atoms with Gasteiger partial charge in [0.1, 0.15) is 5.82 Å². The Labute approximate surface area is 147 Å². The maximum Gasteiger partial charge on any atom is 0.229 e. The highest BCUT2D eigenvalue weighted by Gasteiger charge is 2.35. The van der Waals surface area contributed by atoms with Gasteiger partial charge in [0.2, 0.25) is 11.8 Å². The van der Waals surface area contributed by atoms with E-state index in [1.54, 1.807) is 17.9 Å². The molecule has 0 radical (unpaired) electrons. The molecule has 1 unspecified atom stereocenters. The Morgan fingerprint density at radius 1 is 1.29 bits per heavy atom. The molecule has 4 nitrogen and oxygen atoms in total. The van der Waals surface area contributed by atoms with Crippen LogP contribution in [0.1, 0.15) is 12.0 Å². The molecule has 0 aliphatic carbocycles. The topological polar surface area (TPSA) is 49.4 Å². The molecule has 124 valence electrons. The van der Waals surface area contributed by atoms with Crippen molar-refractivity contribution in [3.05, 3.63) is 58.3 Å². The summed E-state index contributed by atoms with van der Waals surface area (Å²) in [6.45, 7) is 2.06. The molecule has 1 aliphatic heterocycles. The van der Waals surface area contributed by atoms with Crippen molar-refractivity contribution in [2.24, 2.45) is 5.92 Å². The zero-order valence-electron chi connectivity index (χ0n) is 13.1. The van der Waals surface area contributed by atoms with E-state index in [0.29, 0.717) is 0 Å². The van der Waals surface area contributed by atoms with Gasteiger partial charge < -0.3 is 10.2 Å². The Morgan fingerprint density at radius 3 is 2.79 bits per heavy atom. The summed E-state index contributed by atoms with van der Waals surface area (Å²) in [5, 5.41) is 2.58. The lowest BCUT2D eigenvalue weighted by Crippen LogP contribution is -2.28. The van der Waals surface area contributed by atoms with Crippen LogP contribution in [-0.4, -0.2) is 18.4 Å². The summed E-state index contributed by atoms with van der Waals surface area (Å²) in [7, 11) is 0. The number of rotatable bonds is 3. The molecule has 1 aliphatic rings. The van der Waals surface area contributed by atoms with Crippen LogP contribution in [0.2, 0.25) is 0 Å². The third kappa shape index (κ3) is 3.48. The SMILES string of the molecule is Cc1ccc(NC(=O)C2CC(=O)N(c3cccc(Br)c3)C2)c(F)c1. The first-order valence-corrected chi connectivity index (χ1v) is 8.36. The van der Waals surface area contributed by atoms with Crippen LogP contribution in [0.3, 0.4) is 0 Å². The number of carbonyl (C=O) groups is 2. The fourth-order valence-electron chi connectivity index (χ4n) is 2.73. The van der Waals surface area contributed by atoms with E-state index in [2.05, 4.69) is 21.2 Å². The van der Waals surface area contributed by atoms with E-state index < -0.39 is 11.7 Å². The Balaban J connectivity index is 1.72. The molecule has 1 N–H and O–H groups in total. The lowest BCUT2D eigenvalue weighted by Gasteiger charge is -2.17. The fourth-order valence-corrected chi connectivity index (χ4v) is 3.12. The summed E-state index contributed by atoms with van der Waals surface area (Å²) in [5.41, 5.74) is 1.66. The molecule has 1 saturated heterocycles. The second-order valence-electron chi connectivity index (χ2n) is 5.86. The van der Waals surface area contributed by atoms with Crippen molar-refractivity contribution in [1.82, 2.24) is 0 Å². The minimum atomic E-state index is -0.503. The van der Waals surface area contributed by atoms with Gasteiger partial charge in [-0.1, -0.05) is 28.1 Å². The van der Waals surface area contributed by atoms with E-state index in [-0.39, 0.29) is 30.5 Å². The largest absolute Gasteiger partial charge is 0.323 e. The van der Waals surface area contributed by atoms with Crippen LogP contribution in [0.4, 0.5) is 15.8 Å². The first-order valence-electron chi connectivity index (χ1n) is 7.57. The second kappa shape index (κ2) is 6.73. The lowest BCUT2D eigenvalue weighted by atomic mass is 10.1. The van der Waals surface area contributed by atoms with E-state index in [9.17, 15) is 14.0 Å². The van der Waals surface area contributed by atoms with E-state index in [0.717, 1.165) is 15.7 Å². The van der Waals surface area contributed by atoms with Crippen molar-refractivity contribution in [3.63, 3.8) is 0 Å². The predicted octanol–water partition coefficient (Wildman–Crippen LogP) is 3.89. The van der Waals surface area contributed by atoms with Crippen LogP contribution in [0.5, 0.6) is 0 Å². The first kappa shape index (κ1) is 16.6. The molecule has 24 heavy (non-hydrogen) atoms. The summed E-state index contributed by atoms with van der Waals surface area (Å²) in [6.07, 6.45) is 0.117. The number of amides is 2. The number of hydrogen-bond acceptors (Lipinski definition) is 2. The molecular weight excluding hydrogens is 375 g/mol. The fraction of sp³-hybridized carbons (Fsp3) is 0.222. The Hall–Kier alpha value is -2.21. The second-order valence-corrected chi connectivity index (χ2v) is 6.77. The van der Waals surface area contributed by atoms with Gasteiger partial charge in [0.25, 0.3) is 0 Å². The minimum absolute atomic E-state index is 0.113. The average molecular weight is 391 g/mol. The zero-order chi connectivity index (χ0) is 17.3. The van der Waals surface area contributed by atoms with Crippen molar-refractivity contribution >= 4 is 39.1 Å². The molecule has 0 spiro atoms. The summed E-state index contributed by atoms with van der Waals surface area (Å²) in [6, 6.07) is 12.0. The van der Waals surface area contributed by atoms with Crippen LogP contribution in [-0.2, 0) is 9.59 Å². The van der Waals surface area contributed by atoms with Crippen molar-refractivity contribution in [2.75, 3.05) is 16.8 Å². The lowest BCUT2D eigenvalue weighted by molar-refractivity contribution is -0.122. The highest BCUT2D eigenvalue weighted by molar-refractivity contribution is 9.10. The number of nitrogens with one attached hydrogen (secondary N) is 1. The van der Waals surface area contributed by atoms with Gasteiger partial charge in [-0.2, -0.15) is 0 Å². The predicted molar refractivity (Wildman–Crippen MR) is 94.4 cm³/mol. The highest BCUT2D eigenvalue weighted by atomic mass is 79.9. The summed E-state index contributed by atoms with van der Waals surface area (Å²) in [4.78, 5) is 26.2. The van der Waals surface area contributed by atoms with Crippen LogP contribution >= 0.6 is 15.9 Å². The van der Waals surface area contributed by atoms with Gasteiger partial charge >= 0.3 is 0 Å². The summed E-state index contributed by atoms with van der Waals surface area (Å²) < 4.78 is 14.7. The monoisotopic (exact) mass is 390 g/mol. The van der Waals surface area contributed by atoms with Crippen molar-refractivity contribution in [1.29, 1.82) is 0 Å². The average Bonchev–Trinajstić information content (AvgIpc) is 2.92. The summed E-state index contributed by atoms with van der Waals surface area (Å²) in [5.74, 6) is -1.44. The molecule has 0 aromatic heterocycles. The molecule has 6 heteroatoms. The maximum absolute atomic E-state index is 13.9. The Bertz CT molecular complexity index is 809. The van der Waals surface area contributed by atoms with Crippen LogP contribution < -0.4 is 10.2 Å². The molecule has 2 amide bonds. The van der Waals surface area contributed by atoms with Crippen LogP contribution in [0.25, 0.3) is 0 Å². The van der Waals surface area contributed by atoms with Gasteiger partial charge in [0.05, 0.1) is 11.6 Å². The van der Waals surface area contributed by atoms with E-state index in [1.807, 2.05) is 24.3 Å². The van der Waals surface area contributed by atoms with Gasteiger partial charge in [0.15, 0.2) is 0 Å². The van der Waals surface area contributed by atoms with E-state index >= 15 is 0 Å². The van der Waals surface area contributed by atoms with E-state index in [1.165, 1.54) is 12.1 Å². The van der Waals surface area contributed by atoms with Crippen molar-refractivity contribution in [3.8, 4) is 0 Å². The van der Waals surface area contributed by atoms with Crippen molar-refractivity contribution < 1.29 is 14.0 Å². The molecule has 1 atom stereocenters. The number of halogens is 2. The zero-order valence-corrected chi connectivity index (χ0v) is 14.6. The highest BCUT2D eigenvalue weighted by Crippen LogP contribution is 2.28.